The molecule has 0 unspecified atom stereocenters. The van der Waals surface area contributed by atoms with Crippen LogP contribution in [0.3, 0.4) is 0 Å². The maximum absolute atomic E-state index is 11.8. The summed E-state index contributed by atoms with van der Waals surface area (Å²) in [6.45, 7) is 4.64. The van der Waals surface area contributed by atoms with Gasteiger partial charge in [0.25, 0.3) is 0 Å². The summed E-state index contributed by atoms with van der Waals surface area (Å²) in [5.41, 5.74) is 1.70. The van der Waals surface area contributed by atoms with Crippen LogP contribution in [0.15, 0.2) is 24.3 Å². The number of hydrogen-bond acceptors (Lipinski definition) is 4. The van der Waals surface area contributed by atoms with Crippen molar-refractivity contribution in [2.75, 3.05) is 33.0 Å². The van der Waals surface area contributed by atoms with E-state index in [9.17, 15) is 4.79 Å². The summed E-state index contributed by atoms with van der Waals surface area (Å²) in [7, 11) is 0. The Morgan fingerprint density at radius 3 is 2.27 bits per heavy atom. The van der Waals surface area contributed by atoms with E-state index < -0.39 is 0 Å². The van der Waals surface area contributed by atoms with Crippen molar-refractivity contribution in [3.05, 3.63) is 35.4 Å². The number of benzene rings is 1. The van der Waals surface area contributed by atoms with E-state index in [1.807, 2.05) is 19.1 Å². The van der Waals surface area contributed by atoms with Gasteiger partial charge in [0.2, 0.25) is 0 Å². The second kappa shape index (κ2) is 12.9. The van der Waals surface area contributed by atoms with Crippen LogP contribution in [0.4, 0.5) is 0 Å². The Kier molecular flexibility index (Phi) is 10.4. The van der Waals surface area contributed by atoms with E-state index in [4.69, 9.17) is 14.2 Å². The first-order chi connectivity index (χ1) is 12.8. The SMILES string of the molecule is Cc1ccc(C(=O)OCCOCCOCCCCC2CCCCC2)cc1. The molecule has 2 rings (SSSR count). The van der Waals surface area contributed by atoms with Crippen molar-refractivity contribution in [3.8, 4) is 0 Å². The van der Waals surface area contributed by atoms with E-state index in [1.165, 1.54) is 44.9 Å². The van der Waals surface area contributed by atoms with Crippen LogP contribution in [0.25, 0.3) is 0 Å². The maximum Gasteiger partial charge on any atom is 0.338 e. The fourth-order valence-electron chi connectivity index (χ4n) is 3.40. The molecule has 0 aliphatic heterocycles. The minimum absolute atomic E-state index is 0.272. The van der Waals surface area contributed by atoms with Crippen molar-refractivity contribution in [3.63, 3.8) is 0 Å². The number of carbonyl (C=O) groups excluding carboxylic acids is 1. The van der Waals surface area contributed by atoms with Gasteiger partial charge in [-0.15, -0.1) is 0 Å². The van der Waals surface area contributed by atoms with Crippen LogP contribution in [-0.4, -0.2) is 39.0 Å². The van der Waals surface area contributed by atoms with Crippen molar-refractivity contribution < 1.29 is 19.0 Å². The van der Waals surface area contributed by atoms with Gasteiger partial charge >= 0.3 is 5.97 Å². The summed E-state index contributed by atoms with van der Waals surface area (Å²) < 4.78 is 16.2. The minimum Gasteiger partial charge on any atom is -0.460 e. The number of carbonyl (C=O) groups is 1. The average Bonchev–Trinajstić information content (AvgIpc) is 2.67. The van der Waals surface area contributed by atoms with Gasteiger partial charge in [-0.05, 0) is 31.4 Å². The van der Waals surface area contributed by atoms with Crippen LogP contribution < -0.4 is 0 Å². The molecule has 0 radical (unpaired) electrons. The zero-order valence-corrected chi connectivity index (χ0v) is 16.2. The van der Waals surface area contributed by atoms with Gasteiger partial charge in [-0.1, -0.05) is 62.6 Å². The standard InChI is InChI=1S/C22H34O4/c1-19-10-12-21(13-11-19)22(23)26-18-17-25-16-15-24-14-6-5-9-20-7-3-2-4-8-20/h10-13,20H,2-9,14-18H2,1H3. The van der Waals surface area contributed by atoms with Gasteiger partial charge < -0.3 is 14.2 Å². The molecule has 4 nitrogen and oxygen atoms in total. The Hall–Kier alpha value is -1.39. The third-order valence-electron chi connectivity index (χ3n) is 5.00. The Balaban J connectivity index is 1.35. The molecule has 1 saturated carbocycles. The highest BCUT2D eigenvalue weighted by Crippen LogP contribution is 2.27. The molecule has 4 heteroatoms. The Bertz CT molecular complexity index is 491. The predicted molar refractivity (Wildman–Crippen MR) is 104 cm³/mol. The van der Waals surface area contributed by atoms with Gasteiger partial charge in [-0.3, -0.25) is 0 Å². The van der Waals surface area contributed by atoms with E-state index in [1.54, 1.807) is 12.1 Å². The number of unbranched alkanes of at least 4 members (excludes halogenated alkanes) is 1. The minimum atomic E-state index is -0.303. The highest BCUT2D eigenvalue weighted by atomic mass is 16.6. The molecular formula is C22H34O4. The van der Waals surface area contributed by atoms with Crippen LogP contribution in [0.2, 0.25) is 0 Å². The second-order valence-electron chi connectivity index (χ2n) is 7.23. The Morgan fingerprint density at radius 2 is 1.54 bits per heavy atom. The van der Waals surface area contributed by atoms with Crippen molar-refractivity contribution in [1.82, 2.24) is 0 Å². The lowest BCUT2D eigenvalue weighted by Crippen LogP contribution is -2.13. The summed E-state index contributed by atoms with van der Waals surface area (Å²) in [5, 5.41) is 0. The summed E-state index contributed by atoms with van der Waals surface area (Å²) in [5.74, 6) is 0.664. The van der Waals surface area contributed by atoms with Crippen LogP contribution in [0.5, 0.6) is 0 Å². The Morgan fingerprint density at radius 1 is 0.885 bits per heavy atom. The lowest BCUT2D eigenvalue weighted by molar-refractivity contribution is 0.0140. The molecule has 1 aliphatic carbocycles. The quantitative estimate of drug-likeness (QED) is 0.390. The molecular weight excluding hydrogens is 328 g/mol. The third-order valence-corrected chi connectivity index (χ3v) is 5.00. The molecule has 26 heavy (non-hydrogen) atoms. The van der Waals surface area contributed by atoms with E-state index in [0.717, 1.165) is 24.5 Å². The largest absolute Gasteiger partial charge is 0.460 e. The fraction of sp³-hybridized carbons (Fsp3) is 0.682. The highest BCUT2D eigenvalue weighted by molar-refractivity contribution is 5.89. The monoisotopic (exact) mass is 362 g/mol. The molecule has 0 saturated heterocycles. The summed E-state index contributed by atoms with van der Waals surface area (Å²) >= 11 is 0. The average molecular weight is 363 g/mol. The van der Waals surface area contributed by atoms with E-state index in [2.05, 4.69) is 0 Å². The predicted octanol–water partition coefficient (Wildman–Crippen LogP) is 4.94. The Labute approximate surface area is 158 Å². The molecule has 0 amide bonds. The molecule has 0 bridgehead atoms. The molecule has 1 aliphatic rings. The van der Waals surface area contributed by atoms with Gasteiger partial charge in [-0.25, -0.2) is 4.79 Å². The van der Waals surface area contributed by atoms with Crippen molar-refractivity contribution in [2.45, 2.75) is 58.3 Å². The number of ether oxygens (including phenoxy) is 3. The van der Waals surface area contributed by atoms with Gasteiger partial charge in [0.05, 0.1) is 25.4 Å². The summed E-state index contributed by atoms with van der Waals surface area (Å²) in [6.07, 6.45) is 11.0. The molecule has 146 valence electrons. The zero-order valence-electron chi connectivity index (χ0n) is 16.2. The van der Waals surface area contributed by atoms with Crippen molar-refractivity contribution in [2.24, 2.45) is 5.92 Å². The van der Waals surface area contributed by atoms with E-state index in [0.29, 0.717) is 25.4 Å². The topological polar surface area (TPSA) is 44.8 Å². The fourth-order valence-corrected chi connectivity index (χ4v) is 3.40. The number of aryl methyl sites for hydroxylation is 1. The molecule has 1 fully saturated rings. The summed E-state index contributed by atoms with van der Waals surface area (Å²) in [6, 6.07) is 7.36. The summed E-state index contributed by atoms with van der Waals surface area (Å²) in [4.78, 5) is 11.8. The number of esters is 1. The third kappa shape index (κ3) is 8.81. The van der Waals surface area contributed by atoms with Gasteiger partial charge in [0, 0.05) is 6.61 Å². The van der Waals surface area contributed by atoms with Crippen LogP contribution >= 0.6 is 0 Å². The molecule has 0 N–H and O–H groups in total. The van der Waals surface area contributed by atoms with Gasteiger partial charge in [0.1, 0.15) is 6.61 Å². The molecule has 1 aromatic carbocycles. The van der Waals surface area contributed by atoms with E-state index in [-0.39, 0.29) is 12.6 Å². The van der Waals surface area contributed by atoms with Crippen molar-refractivity contribution >= 4 is 5.97 Å². The first kappa shape index (κ1) is 20.9. The molecule has 0 atom stereocenters. The molecule has 0 spiro atoms. The normalized spacial score (nSPS) is 15.1. The first-order valence-corrected chi connectivity index (χ1v) is 10.1. The smallest absolute Gasteiger partial charge is 0.338 e. The number of hydrogen-bond donors (Lipinski definition) is 0. The molecule has 0 aromatic heterocycles. The van der Waals surface area contributed by atoms with Gasteiger partial charge in [0.15, 0.2) is 0 Å². The maximum atomic E-state index is 11.8. The molecule has 1 aromatic rings. The lowest BCUT2D eigenvalue weighted by Gasteiger charge is -2.21. The van der Waals surface area contributed by atoms with E-state index >= 15 is 0 Å². The number of rotatable bonds is 12. The molecule has 0 heterocycles. The van der Waals surface area contributed by atoms with Crippen LogP contribution in [-0.2, 0) is 14.2 Å². The van der Waals surface area contributed by atoms with Gasteiger partial charge in [-0.2, -0.15) is 0 Å². The van der Waals surface area contributed by atoms with Crippen LogP contribution in [0.1, 0.15) is 67.3 Å². The lowest BCUT2D eigenvalue weighted by atomic mass is 9.86. The second-order valence-corrected chi connectivity index (χ2v) is 7.23. The zero-order chi connectivity index (χ0) is 18.5. The van der Waals surface area contributed by atoms with Crippen LogP contribution in [0, 0.1) is 12.8 Å². The highest BCUT2D eigenvalue weighted by Gasteiger charge is 2.12. The van der Waals surface area contributed by atoms with Crippen molar-refractivity contribution in [1.29, 1.82) is 0 Å². The first-order valence-electron chi connectivity index (χ1n) is 10.1.